The summed E-state index contributed by atoms with van der Waals surface area (Å²) in [5.74, 6) is -0.558. The smallest absolute Gasteiger partial charge is 0.259 e. The molecule has 2 aromatic rings. The Morgan fingerprint density at radius 2 is 1.94 bits per heavy atom. The Labute approximate surface area is 106 Å². The first kappa shape index (κ1) is 11.7. The van der Waals surface area contributed by atoms with E-state index in [0.717, 1.165) is 10.4 Å². The van der Waals surface area contributed by atoms with E-state index in [-0.39, 0.29) is 0 Å². The molecule has 0 N–H and O–H groups in total. The minimum atomic E-state index is -0.558. The van der Waals surface area contributed by atoms with E-state index in [9.17, 15) is 4.79 Å². The summed E-state index contributed by atoms with van der Waals surface area (Å²) in [6.45, 7) is 0. The van der Waals surface area contributed by atoms with Crippen molar-refractivity contribution in [2.45, 2.75) is 0 Å². The summed E-state index contributed by atoms with van der Waals surface area (Å²) in [5.41, 5.74) is 9.15. The number of hydrogen-bond donors (Lipinski definition) is 0. The summed E-state index contributed by atoms with van der Waals surface area (Å²) in [6, 6.07) is 10.8. The Morgan fingerprint density at radius 3 is 2.59 bits per heavy atom. The Balaban J connectivity index is 2.32. The number of thiophene rings is 1. The normalized spacial score (nSPS) is 9.71. The molecule has 1 amide bonds. The van der Waals surface area contributed by atoms with Crippen molar-refractivity contribution in [2.24, 2.45) is 5.11 Å². The van der Waals surface area contributed by atoms with Gasteiger partial charge in [-0.25, -0.2) is 0 Å². The highest BCUT2D eigenvalue weighted by Crippen LogP contribution is 2.29. The third-order valence-electron chi connectivity index (χ3n) is 2.08. The number of carbonyl (C=O) groups is 1. The zero-order valence-corrected chi connectivity index (χ0v) is 10.1. The van der Waals surface area contributed by atoms with Crippen LogP contribution in [-0.4, -0.2) is 5.91 Å². The van der Waals surface area contributed by atoms with Crippen LogP contribution < -0.4 is 0 Å². The summed E-state index contributed by atoms with van der Waals surface area (Å²) >= 11 is 7.07. The molecule has 0 saturated heterocycles. The van der Waals surface area contributed by atoms with Gasteiger partial charge in [-0.15, -0.1) is 11.3 Å². The summed E-state index contributed by atoms with van der Waals surface area (Å²) in [7, 11) is 0. The van der Waals surface area contributed by atoms with E-state index in [4.69, 9.17) is 17.1 Å². The van der Waals surface area contributed by atoms with Gasteiger partial charge in [0, 0.05) is 14.8 Å². The summed E-state index contributed by atoms with van der Waals surface area (Å²) in [4.78, 5) is 15.1. The second-order valence-electron chi connectivity index (χ2n) is 3.17. The fraction of sp³-hybridized carbons (Fsp3) is 0. The predicted molar refractivity (Wildman–Crippen MR) is 68.2 cm³/mol. The Kier molecular flexibility index (Phi) is 3.44. The molecular formula is C11H6ClN3OS. The van der Waals surface area contributed by atoms with E-state index in [1.54, 1.807) is 18.2 Å². The molecule has 2 rings (SSSR count). The van der Waals surface area contributed by atoms with E-state index in [2.05, 4.69) is 10.0 Å². The number of hydrogen-bond acceptors (Lipinski definition) is 2. The van der Waals surface area contributed by atoms with Crippen LogP contribution in [0.5, 0.6) is 0 Å². The Hall–Kier alpha value is -1.81. The maximum atomic E-state index is 11.3. The van der Waals surface area contributed by atoms with Crippen molar-refractivity contribution in [2.75, 3.05) is 0 Å². The maximum absolute atomic E-state index is 11.3. The molecule has 6 heteroatoms. The lowest BCUT2D eigenvalue weighted by Gasteiger charge is -1.96. The van der Waals surface area contributed by atoms with Crippen LogP contribution in [0.25, 0.3) is 20.9 Å². The van der Waals surface area contributed by atoms with Gasteiger partial charge in [0.1, 0.15) is 0 Å². The van der Waals surface area contributed by atoms with E-state index < -0.39 is 5.91 Å². The SMILES string of the molecule is [N-]=[N+]=NC(=O)c1ccc(-c2ccc(Cl)cc2)s1. The molecule has 1 aromatic heterocycles. The quantitative estimate of drug-likeness (QED) is 0.446. The number of benzene rings is 1. The second kappa shape index (κ2) is 5.01. The van der Waals surface area contributed by atoms with Gasteiger partial charge < -0.3 is 0 Å². The average molecular weight is 264 g/mol. The maximum Gasteiger partial charge on any atom is 0.259 e. The van der Waals surface area contributed by atoms with Gasteiger partial charge in [0.05, 0.1) is 4.88 Å². The first-order valence-electron chi connectivity index (χ1n) is 4.66. The first-order valence-corrected chi connectivity index (χ1v) is 5.85. The lowest BCUT2D eigenvalue weighted by molar-refractivity contribution is 0.100. The molecule has 4 nitrogen and oxygen atoms in total. The number of amides is 1. The fourth-order valence-corrected chi connectivity index (χ4v) is 2.33. The van der Waals surface area contributed by atoms with Crippen LogP contribution in [0.1, 0.15) is 9.67 Å². The fourth-order valence-electron chi connectivity index (χ4n) is 1.31. The minimum Gasteiger partial charge on any atom is -0.286 e. The monoisotopic (exact) mass is 263 g/mol. The van der Waals surface area contributed by atoms with Gasteiger partial charge >= 0.3 is 0 Å². The van der Waals surface area contributed by atoms with Crippen LogP contribution in [0.2, 0.25) is 5.02 Å². The van der Waals surface area contributed by atoms with Gasteiger partial charge in [0.25, 0.3) is 5.91 Å². The molecule has 0 aliphatic carbocycles. The molecule has 0 saturated carbocycles. The van der Waals surface area contributed by atoms with Crippen molar-refractivity contribution in [1.82, 2.24) is 0 Å². The molecule has 0 spiro atoms. The molecule has 0 unspecified atom stereocenters. The highest BCUT2D eigenvalue weighted by molar-refractivity contribution is 7.17. The molecule has 0 atom stereocenters. The van der Waals surface area contributed by atoms with Gasteiger partial charge in [-0.3, -0.25) is 4.79 Å². The standard InChI is InChI=1S/C11H6ClN3OS/c12-8-3-1-7(2-4-8)9-5-6-10(17-9)11(16)14-15-13/h1-6H. The highest BCUT2D eigenvalue weighted by Gasteiger charge is 2.08. The molecular weight excluding hydrogens is 258 g/mol. The number of nitrogens with zero attached hydrogens (tertiary/aromatic N) is 3. The van der Waals surface area contributed by atoms with Crippen molar-refractivity contribution >= 4 is 28.8 Å². The third kappa shape index (κ3) is 2.65. The molecule has 1 aromatic carbocycles. The molecule has 0 radical (unpaired) electrons. The van der Waals surface area contributed by atoms with Crippen molar-refractivity contribution in [3.63, 3.8) is 0 Å². The third-order valence-corrected chi connectivity index (χ3v) is 3.46. The van der Waals surface area contributed by atoms with Crippen molar-refractivity contribution in [3.05, 3.63) is 56.7 Å². The van der Waals surface area contributed by atoms with Crippen molar-refractivity contribution < 1.29 is 4.79 Å². The predicted octanol–water partition coefficient (Wildman–Crippen LogP) is 4.52. The van der Waals surface area contributed by atoms with Gasteiger partial charge in [0.15, 0.2) is 0 Å². The van der Waals surface area contributed by atoms with Crippen LogP contribution in [-0.2, 0) is 0 Å². The minimum absolute atomic E-state index is 0.424. The lowest BCUT2D eigenvalue weighted by atomic mass is 10.2. The number of carbonyl (C=O) groups excluding carboxylic acids is 1. The van der Waals surface area contributed by atoms with Gasteiger partial charge in [0.2, 0.25) is 0 Å². The number of rotatable bonds is 2. The van der Waals surface area contributed by atoms with Crippen LogP contribution in [0.3, 0.4) is 0 Å². The largest absolute Gasteiger partial charge is 0.286 e. The van der Waals surface area contributed by atoms with Gasteiger partial charge in [-0.2, -0.15) is 0 Å². The number of azide groups is 1. The van der Waals surface area contributed by atoms with Crippen LogP contribution in [0, 0.1) is 0 Å². The number of halogens is 1. The molecule has 0 aliphatic heterocycles. The first-order chi connectivity index (χ1) is 8.20. The van der Waals surface area contributed by atoms with E-state index in [0.29, 0.717) is 9.90 Å². The molecule has 0 aliphatic rings. The Morgan fingerprint density at radius 1 is 1.24 bits per heavy atom. The summed E-state index contributed by atoms with van der Waals surface area (Å²) < 4.78 is 0. The van der Waals surface area contributed by atoms with Gasteiger partial charge in [-0.1, -0.05) is 23.7 Å². The highest BCUT2D eigenvalue weighted by atomic mass is 35.5. The van der Waals surface area contributed by atoms with Crippen molar-refractivity contribution in [3.8, 4) is 10.4 Å². The summed E-state index contributed by atoms with van der Waals surface area (Å²) in [5, 5.41) is 3.71. The van der Waals surface area contributed by atoms with Crippen LogP contribution in [0.15, 0.2) is 41.5 Å². The zero-order valence-electron chi connectivity index (χ0n) is 8.50. The molecule has 84 valence electrons. The molecule has 0 fully saturated rings. The van der Waals surface area contributed by atoms with E-state index in [1.807, 2.05) is 18.2 Å². The molecule has 0 bridgehead atoms. The van der Waals surface area contributed by atoms with Gasteiger partial charge in [-0.05, 0) is 40.5 Å². The van der Waals surface area contributed by atoms with Crippen LogP contribution >= 0.6 is 22.9 Å². The molecule has 1 heterocycles. The summed E-state index contributed by atoms with van der Waals surface area (Å²) in [6.07, 6.45) is 0. The topological polar surface area (TPSA) is 65.8 Å². The lowest BCUT2D eigenvalue weighted by Crippen LogP contribution is -1.86. The average Bonchev–Trinajstić information content (AvgIpc) is 2.80. The van der Waals surface area contributed by atoms with Crippen LogP contribution in [0.4, 0.5) is 0 Å². The second-order valence-corrected chi connectivity index (χ2v) is 4.69. The van der Waals surface area contributed by atoms with Crippen molar-refractivity contribution in [1.29, 1.82) is 0 Å². The van der Waals surface area contributed by atoms with E-state index in [1.165, 1.54) is 11.3 Å². The zero-order chi connectivity index (χ0) is 12.3. The van der Waals surface area contributed by atoms with E-state index >= 15 is 0 Å². The molecule has 17 heavy (non-hydrogen) atoms. The Bertz CT molecular complexity index is 599.